The number of nitrogens with one attached hydrogen (secondary N) is 1. The van der Waals surface area contributed by atoms with E-state index in [0.29, 0.717) is 10.7 Å². The van der Waals surface area contributed by atoms with Gasteiger partial charge in [0.05, 0.1) is 5.69 Å². The fraction of sp³-hybridized carbons (Fsp3) is 0.273. The lowest BCUT2D eigenvalue weighted by molar-refractivity contribution is -0.125. The van der Waals surface area contributed by atoms with E-state index < -0.39 is 17.9 Å². The fourth-order valence-electron chi connectivity index (χ4n) is 1.36. The van der Waals surface area contributed by atoms with Gasteiger partial charge in [0, 0.05) is 11.9 Å². The Morgan fingerprint density at radius 2 is 2.00 bits per heavy atom. The highest BCUT2D eigenvalue weighted by Crippen LogP contribution is 2.20. The molecule has 6 nitrogen and oxygen atoms in total. The lowest BCUT2D eigenvalue weighted by Crippen LogP contribution is -2.47. The van der Waals surface area contributed by atoms with Crippen molar-refractivity contribution in [3.05, 3.63) is 34.2 Å². The van der Waals surface area contributed by atoms with E-state index in [2.05, 4.69) is 23.3 Å². The van der Waals surface area contributed by atoms with Gasteiger partial charge >= 0.3 is 0 Å². The van der Waals surface area contributed by atoms with E-state index in [1.165, 1.54) is 6.92 Å². The van der Waals surface area contributed by atoms with Crippen LogP contribution in [0.2, 0.25) is 5.02 Å². The lowest BCUT2D eigenvalue weighted by atomic mass is 10.2. The van der Waals surface area contributed by atoms with Gasteiger partial charge in [-0.2, -0.15) is 4.91 Å². The Hall–Kier alpha value is -1.60. The van der Waals surface area contributed by atoms with Gasteiger partial charge in [0.25, 0.3) is 5.91 Å². The van der Waals surface area contributed by atoms with Crippen LogP contribution < -0.4 is 9.62 Å². The fourth-order valence-corrected chi connectivity index (χ4v) is 1.76. The molecule has 19 heavy (non-hydrogen) atoms. The van der Waals surface area contributed by atoms with E-state index in [9.17, 15) is 14.5 Å². The van der Waals surface area contributed by atoms with Crippen LogP contribution >= 0.6 is 24.4 Å². The smallest absolute Gasteiger partial charge is 0.261 e. The minimum absolute atomic E-state index is 0.358. The van der Waals surface area contributed by atoms with Gasteiger partial charge in [0.15, 0.2) is 0 Å². The summed E-state index contributed by atoms with van der Waals surface area (Å²) < 4.78 is 1.03. The molecule has 0 spiro atoms. The van der Waals surface area contributed by atoms with Gasteiger partial charge in [-0.1, -0.05) is 29.6 Å². The SMILES string of the molecule is CC(=O)NC(CN=O)C(=O)N(S)c1ccc(Cl)cc1. The average molecular weight is 302 g/mol. The molecule has 2 amide bonds. The molecule has 1 aromatic rings. The van der Waals surface area contributed by atoms with Crippen molar-refractivity contribution in [2.75, 3.05) is 10.8 Å². The molecule has 1 aromatic carbocycles. The van der Waals surface area contributed by atoms with Crippen LogP contribution in [0.3, 0.4) is 0 Å². The molecule has 1 atom stereocenters. The average Bonchev–Trinajstić information content (AvgIpc) is 2.37. The number of carbonyl (C=O) groups excluding carboxylic acids is 2. The van der Waals surface area contributed by atoms with Gasteiger partial charge in [-0.15, -0.1) is 0 Å². The van der Waals surface area contributed by atoms with Crippen molar-refractivity contribution in [2.45, 2.75) is 13.0 Å². The number of hydrogen-bond acceptors (Lipinski definition) is 5. The lowest BCUT2D eigenvalue weighted by Gasteiger charge is -2.21. The minimum atomic E-state index is -1.04. The summed E-state index contributed by atoms with van der Waals surface area (Å²) in [6.07, 6.45) is 0. The van der Waals surface area contributed by atoms with Crippen LogP contribution in [-0.4, -0.2) is 24.4 Å². The monoisotopic (exact) mass is 301 g/mol. The molecule has 0 aliphatic rings. The third-order valence-corrected chi connectivity index (χ3v) is 2.89. The maximum atomic E-state index is 12.1. The summed E-state index contributed by atoms with van der Waals surface area (Å²) in [4.78, 5) is 33.3. The van der Waals surface area contributed by atoms with E-state index in [-0.39, 0.29) is 6.54 Å². The van der Waals surface area contributed by atoms with Crippen LogP contribution in [0.1, 0.15) is 6.92 Å². The van der Waals surface area contributed by atoms with E-state index in [4.69, 9.17) is 11.6 Å². The van der Waals surface area contributed by atoms with Crippen LogP contribution in [0, 0.1) is 4.91 Å². The predicted octanol–water partition coefficient (Wildman–Crippen LogP) is 1.79. The Balaban J connectivity index is 2.85. The maximum absolute atomic E-state index is 12.1. The first-order valence-corrected chi connectivity index (χ1v) is 6.08. The summed E-state index contributed by atoms with van der Waals surface area (Å²) in [5, 5.41) is 5.50. The van der Waals surface area contributed by atoms with E-state index >= 15 is 0 Å². The van der Waals surface area contributed by atoms with Gasteiger partial charge in [-0.3, -0.25) is 13.9 Å². The normalized spacial score (nSPS) is 11.5. The van der Waals surface area contributed by atoms with Gasteiger partial charge in [0.2, 0.25) is 5.91 Å². The van der Waals surface area contributed by atoms with Crippen molar-refractivity contribution in [1.82, 2.24) is 5.32 Å². The van der Waals surface area contributed by atoms with Gasteiger partial charge in [-0.05, 0) is 24.3 Å². The van der Waals surface area contributed by atoms with Crippen LogP contribution in [0.15, 0.2) is 29.4 Å². The number of nitroso groups, excluding NO2 is 1. The Labute approximate surface area is 120 Å². The third-order valence-electron chi connectivity index (χ3n) is 2.21. The molecule has 0 saturated heterocycles. The van der Waals surface area contributed by atoms with Crippen LogP contribution in [-0.2, 0) is 9.59 Å². The number of thiol groups is 1. The topological polar surface area (TPSA) is 78.8 Å². The zero-order valence-electron chi connectivity index (χ0n) is 10.0. The highest BCUT2D eigenvalue weighted by Gasteiger charge is 2.24. The number of benzene rings is 1. The van der Waals surface area contributed by atoms with Crippen molar-refractivity contribution in [2.24, 2.45) is 5.18 Å². The first kappa shape index (κ1) is 15.5. The zero-order chi connectivity index (χ0) is 14.4. The molecule has 1 N–H and O–H groups in total. The summed E-state index contributed by atoms with van der Waals surface area (Å²) >= 11 is 9.78. The molecule has 1 rings (SSSR count). The second-order valence-corrected chi connectivity index (χ2v) is 4.53. The van der Waals surface area contributed by atoms with Crippen molar-refractivity contribution in [3.8, 4) is 0 Å². The van der Waals surface area contributed by atoms with Gasteiger partial charge < -0.3 is 5.32 Å². The van der Waals surface area contributed by atoms with Crippen LogP contribution in [0.25, 0.3) is 0 Å². The van der Waals surface area contributed by atoms with Crippen molar-refractivity contribution >= 4 is 41.9 Å². The number of anilines is 1. The minimum Gasteiger partial charge on any atom is -0.343 e. The van der Waals surface area contributed by atoms with E-state index in [1.54, 1.807) is 24.3 Å². The summed E-state index contributed by atoms with van der Waals surface area (Å²) in [7, 11) is 0. The molecule has 0 aromatic heterocycles. The summed E-state index contributed by atoms with van der Waals surface area (Å²) in [5.74, 6) is -0.986. The molecular weight excluding hydrogens is 290 g/mol. The van der Waals surface area contributed by atoms with E-state index in [1.807, 2.05) is 0 Å². The number of nitrogens with zero attached hydrogens (tertiary/aromatic N) is 2. The van der Waals surface area contributed by atoms with Crippen LogP contribution in [0.5, 0.6) is 0 Å². The highest BCUT2D eigenvalue weighted by molar-refractivity contribution is 7.82. The zero-order valence-corrected chi connectivity index (χ0v) is 11.7. The number of carbonyl (C=O) groups is 2. The quantitative estimate of drug-likeness (QED) is 0.643. The molecule has 0 aliphatic carbocycles. The summed E-state index contributed by atoms with van der Waals surface area (Å²) in [6.45, 7) is 0.888. The first-order chi connectivity index (χ1) is 8.95. The molecule has 0 radical (unpaired) electrons. The summed E-state index contributed by atoms with van der Waals surface area (Å²) in [6, 6.07) is 5.33. The van der Waals surface area contributed by atoms with Gasteiger partial charge in [-0.25, -0.2) is 0 Å². The first-order valence-electron chi connectivity index (χ1n) is 5.30. The Morgan fingerprint density at radius 3 is 2.47 bits per heavy atom. The number of rotatable bonds is 5. The van der Waals surface area contributed by atoms with Crippen molar-refractivity contribution in [3.63, 3.8) is 0 Å². The van der Waals surface area contributed by atoms with Crippen molar-refractivity contribution < 1.29 is 9.59 Å². The molecule has 0 heterocycles. The standard InChI is InChI=1S/C11H12ClN3O3S/c1-7(16)14-10(6-13-18)11(17)15(19)9-4-2-8(12)3-5-9/h2-5,10,19H,6H2,1H3,(H,14,16). The highest BCUT2D eigenvalue weighted by atomic mass is 35.5. The number of hydrogen-bond donors (Lipinski definition) is 2. The second-order valence-electron chi connectivity index (χ2n) is 3.69. The Morgan fingerprint density at radius 1 is 1.42 bits per heavy atom. The van der Waals surface area contributed by atoms with Gasteiger partial charge in [0.1, 0.15) is 12.6 Å². The number of amides is 2. The Bertz CT molecular complexity index is 481. The van der Waals surface area contributed by atoms with Crippen LogP contribution in [0.4, 0.5) is 5.69 Å². The molecular formula is C11H12ClN3O3S. The third kappa shape index (κ3) is 4.53. The molecule has 1 unspecified atom stereocenters. The predicted molar refractivity (Wildman–Crippen MR) is 76.2 cm³/mol. The molecule has 0 bridgehead atoms. The largest absolute Gasteiger partial charge is 0.343 e. The second kappa shape index (κ2) is 7.10. The van der Waals surface area contributed by atoms with E-state index in [0.717, 1.165) is 4.31 Å². The maximum Gasteiger partial charge on any atom is 0.261 e. The summed E-state index contributed by atoms with van der Waals surface area (Å²) in [5.41, 5.74) is 0.471. The molecule has 0 fully saturated rings. The number of halogens is 1. The molecule has 8 heteroatoms. The van der Waals surface area contributed by atoms with Crippen molar-refractivity contribution in [1.29, 1.82) is 0 Å². The molecule has 0 aliphatic heterocycles. The molecule has 0 saturated carbocycles. The molecule has 102 valence electrons. The Kier molecular flexibility index (Phi) is 5.78.